The predicted octanol–water partition coefficient (Wildman–Crippen LogP) is 2.20. The van der Waals surface area contributed by atoms with Gasteiger partial charge in [-0.1, -0.05) is 25.7 Å². The van der Waals surface area contributed by atoms with Crippen molar-refractivity contribution >= 4 is 15.7 Å². The molecule has 3 rings (SSSR count). The highest BCUT2D eigenvalue weighted by molar-refractivity contribution is 7.92. The minimum absolute atomic E-state index is 0.0583. The Hall–Kier alpha value is -0.620. The van der Waals surface area contributed by atoms with Crippen LogP contribution in [-0.4, -0.2) is 44.1 Å². The SMILES string of the molecule is CCO[C@H]1C[C@@H](NC(=O)CS(=O)(=O)C2CCCC2)C12CCCC2. The van der Waals surface area contributed by atoms with Crippen LogP contribution in [-0.2, 0) is 19.4 Å². The number of nitrogens with one attached hydrogen (secondary N) is 1. The Morgan fingerprint density at radius 3 is 2.43 bits per heavy atom. The summed E-state index contributed by atoms with van der Waals surface area (Å²) in [5, 5.41) is 2.72. The van der Waals surface area contributed by atoms with Crippen LogP contribution < -0.4 is 5.32 Å². The highest BCUT2D eigenvalue weighted by Gasteiger charge is 2.57. The van der Waals surface area contributed by atoms with Gasteiger partial charge in [0, 0.05) is 18.1 Å². The Labute approximate surface area is 139 Å². The summed E-state index contributed by atoms with van der Waals surface area (Å²) in [6.07, 6.45) is 8.93. The van der Waals surface area contributed by atoms with Crippen LogP contribution in [0.5, 0.6) is 0 Å². The van der Waals surface area contributed by atoms with Gasteiger partial charge in [-0.15, -0.1) is 0 Å². The molecule has 0 aromatic rings. The molecule has 2 atom stereocenters. The smallest absolute Gasteiger partial charge is 0.235 e. The van der Waals surface area contributed by atoms with E-state index in [0.717, 1.165) is 44.9 Å². The number of carbonyl (C=O) groups is 1. The Bertz CT molecular complexity index is 533. The Morgan fingerprint density at radius 2 is 1.83 bits per heavy atom. The lowest BCUT2D eigenvalue weighted by molar-refractivity contribution is -0.142. The summed E-state index contributed by atoms with van der Waals surface area (Å²) in [5.41, 5.74) is 0.0583. The molecular formula is C17H29NO4S. The van der Waals surface area contributed by atoms with Crippen LogP contribution >= 0.6 is 0 Å². The Balaban J connectivity index is 1.57. The first-order valence-corrected chi connectivity index (χ1v) is 10.8. The third-order valence-electron chi connectivity index (χ3n) is 6.16. The first-order valence-electron chi connectivity index (χ1n) is 9.10. The summed E-state index contributed by atoms with van der Waals surface area (Å²) < 4.78 is 30.5. The number of sulfone groups is 1. The van der Waals surface area contributed by atoms with Crippen molar-refractivity contribution in [2.45, 2.75) is 82.1 Å². The summed E-state index contributed by atoms with van der Waals surface area (Å²) in [4.78, 5) is 12.3. The van der Waals surface area contributed by atoms with Crippen LogP contribution in [0.4, 0.5) is 0 Å². The van der Waals surface area contributed by atoms with Gasteiger partial charge < -0.3 is 10.1 Å². The third kappa shape index (κ3) is 3.29. The van der Waals surface area contributed by atoms with Crippen molar-refractivity contribution in [3.8, 4) is 0 Å². The summed E-state index contributed by atoms with van der Waals surface area (Å²) in [6.45, 7) is 2.70. The van der Waals surface area contributed by atoms with Crippen LogP contribution in [0.15, 0.2) is 0 Å². The van der Waals surface area contributed by atoms with E-state index >= 15 is 0 Å². The molecule has 0 aromatic carbocycles. The van der Waals surface area contributed by atoms with E-state index in [-0.39, 0.29) is 34.5 Å². The fourth-order valence-electron chi connectivity index (χ4n) is 4.87. The van der Waals surface area contributed by atoms with E-state index in [1.54, 1.807) is 0 Å². The van der Waals surface area contributed by atoms with Gasteiger partial charge in [-0.05, 0) is 39.0 Å². The van der Waals surface area contributed by atoms with Gasteiger partial charge in [-0.3, -0.25) is 4.79 Å². The van der Waals surface area contributed by atoms with Gasteiger partial charge in [0.05, 0.1) is 11.4 Å². The topological polar surface area (TPSA) is 72.5 Å². The van der Waals surface area contributed by atoms with Crippen LogP contribution in [0.1, 0.15) is 64.7 Å². The minimum Gasteiger partial charge on any atom is -0.378 e. The van der Waals surface area contributed by atoms with Gasteiger partial charge in [0.2, 0.25) is 5.91 Å². The molecule has 0 bridgehead atoms. The van der Waals surface area contributed by atoms with E-state index in [1.807, 2.05) is 6.92 Å². The lowest BCUT2D eigenvalue weighted by Gasteiger charge is -2.54. The van der Waals surface area contributed by atoms with Gasteiger partial charge in [-0.2, -0.15) is 0 Å². The summed E-state index contributed by atoms with van der Waals surface area (Å²) in [6, 6.07) is 0.0906. The zero-order valence-corrected chi connectivity index (χ0v) is 14.9. The van der Waals surface area contributed by atoms with Crippen LogP contribution in [0, 0.1) is 5.41 Å². The van der Waals surface area contributed by atoms with Gasteiger partial charge in [0.1, 0.15) is 5.75 Å². The van der Waals surface area contributed by atoms with E-state index in [1.165, 1.54) is 12.8 Å². The fourth-order valence-corrected chi connectivity index (χ4v) is 6.61. The van der Waals surface area contributed by atoms with E-state index in [4.69, 9.17) is 4.74 Å². The molecule has 0 unspecified atom stereocenters. The molecule has 0 heterocycles. The molecule has 132 valence electrons. The summed E-state index contributed by atoms with van der Waals surface area (Å²) in [7, 11) is -3.29. The molecule has 1 amide bonds. The minimum atomic E-state index is -3.29. The molecule has 1 N–H and O–H groups in total. The zero-order valence-electron chi connectivity index (χ0n) is 14.1. The molecule has 3 saturated carbocycles. The van der Waals surface area contributed by atoms with Crippen molar-refractivity contribution in [1.29, 1.82) is 0 Å². The molecule has 5 nitrogen and oxygen atoms in total. The molecule has 23 heavy (non-hydrogen) atoms. The average molecular weight is 343 g/mol. The van der Waals surface area contributed by atoms with E-state index in [9.17, 15) is 13.2 Å². The first-order chi connectivity index (χ1) is 11.0. The Morgan fingerprint density at radius 1 is 1.17 bits per heavy atom. The molecule has 1 spiro atoms. The molecule has 0 aromatic heterocycles. The van der Waals surface area contributed by atoms with Gasteiger partial charge >= 0.3 is 0 Å². The van der Waals surface area contributed by atoms with Gasteiger partial charge in [-0.25, -0.2) is 8.42 Å². The molecular weight excluding hydrogens is 314 g/mol. The van der Waals surface area contributed by atoms with Crippen LogP contribution in [0.2, 0.25) is 0 Å². The second-order valence-corrected chi connectivity index (χ2v) is 9.73. The van der Waals surface area contributed by atoms with Crippen molar-refractivity contribution < 1.29 is 17.9 Å². The van der Waals surface area contributed by atoms with Crippen LogP contribution in [0.3, 0.4) is 0 Å². The quantitative estimate of drug-likeness (QED) is 0.802. The molecule has 0 aliphatic heterocycles. The maximum Gasteiger partial charge on any atom is 0.235 e. The average Bonchev–Trinajstić information content (AvgIpc) is 3.18. The molecule has 0 radical (unpaired) electrons. The normalized spacial score (nSPS) is 30.5. The van der Waals surface area contributed by atoms with Crippen molar-refractivity contribution in [2.24, 2.45) is 5.41 Å². The van der Waals surface area contributed by atoms with E-state index in [0.29, 0.717) is 6.61 Å². The van der Waals surface area contributed by atoms with Crippen molar-refractivity contribution in [3.63, 3.8) is 0 Å². The third-order valence-corrected chi connectivity index (χ3v) is 8.32. The summed E-state index contributed by atoms with van der Waals surface area (Å²) >= 11 is 0. The molecule has 3 aliphatic carbocycles. The molecule has 0 saturated heterocycles. The number of ether oxygens (including phenoxy) is 1. The second-order valence-electron chi connectivity index (χ2n) is 7.45. The van der Waals surface area contributed by atoms with Crippen LogP contribution in [0.25, 0.3) is 0 Å². The number of hydrogen-bond donors (Lipinski definition) is 1. The van der Waals surface area contributed by atoms with Crippen molar-refractivity contribution in [2.75, 3.05) is 12.4 Å². The zero-order chi connectivity index (χ0) is 16.5. The standard InChI is InChI=1S/C17H29NO4S/c1-2-22-15-11-14(17(15)9-5-6-10-17)18-16(19)12-23(20,21)13-7-3-4-8-13/h13-15H,2-12H2,1H3,(H,18,19)/t14-,15+/m1/s1. The first kappa shape index (κ1) is 17.2. The fraction of sp³-hybridized carbons (Fsp3) is 0.941. The number of amides is 1. The van der Waals surface area contributed by atoms with Gasteiger partial charge in [0.15, 0.2) is 9.84 Å². The largest absolute Gasteiger partial charge is 0.378 e. The lowest BCUT2D eigenvalue weighted by Crippen LogP contribution is -2.64. The molecule has 3 fully saturated rings. The number of carbonyl (C=O) groups excluding carboxylic acids is 1. The molecule has 6 heteroatoms. The monoisotopic (exact) mass is 343 g/mol. The van der Waals surface area contributed by atoms with Crippen molar-refractivity contribution in [3.05, 3.63) is 0 Å². The maximum absolute atomic E-state index is 12.3. The lowest BCUT2D eigenvalue weighted by atomic mass is 9.60. The Kier molecular flexibility index (Phi) is 5.02. The van der Waals surface area contributed by atoms with Gasteiger partial charge in [0.25, 0.3) is 0 Å². The highest BCUT2D eigenvalue weighted by Crippen LogP contribution is 2.54. The summed E-state index contributed by atoms with van der Waals surface area (Å²) in [5.74, 6) is -0.660. The predicted molar refractivity (Wildman–Crippen MR) is 88.9 cm³/mol. The molecule has 3 aliphatic rings. The second kappa shape index (κ2) is 6.71. The highest BCUT2D eigenvalue weighted by atomic mass is 32.2. The number of rotatable bonds is 6. The van der Waals surface area contributed by atoms with Crippen molar-refractivity contribution in [1.82, 2.24) is 5.32 Å². The maximum atomic E-state index is 12.3. The van der Waals surface area contributed by atoms with E-state index < -0.39 is 9.84 Å². The van der Waals surface area contributed by atoms with E-state index in [2.05, 4.69) is 5.32 Å². The number of hydrogen-bond acceptors (Lipinski definition) is 4.